The van der Waals surface area contributed by atoms with Crippen LogP contribution in [0.2, 0.25) is 0 Å². The summed E-state index contributed by atoms with van der Waals surface area (Å²) in [6.07, 6.45) is 4.59. The normalized spacial score (nSPS) is 25.0. The Balaban J connectivity index is 1.64. The van der Waals surface area contributed by atoms with Crippen molar-refractivity contribution in [1.82, 2.24) is 14.9 Å². The number of primary amides is 1. The molecular weight excluding hydrogens is 290 g/mol. The molecule has 6 heteroatoms. The summed E-state index contributed by atoms with van der Waals surface area (Å²) in [5.41, 5.74) is 6.44. The van der Waals surface area contributed by atoms with Gasteiger partial charge in [-0.3, -0.25) is 4.79 Å². The van der Waals surface area contributed by atoms with E-state index in [4.69, 9.17) is 5.73 Å². The maximum absolute atomic E-state index is 11.0. The largest absolute Gasteiger partial charge is 0.370 e. The minimum absolute atomic E-state index is 0.229. The maximum atomic E-state index is 11.0. The zero-order valence-electron chi connectivity index (χ0n) is 14.0. The molecule has 126 valence electrons. The lowest BCUT2D eigenvalue weighted by molar-refractivity contribution is -0.118. The van der Waals surface area contributed by atoms with E-state index in [-0.39, 0.29) is 5.91 Å². The number of hydrogen-bond donors (Lipinski definition) is 2. The van der Waals surface area contributed by atoms with Gasteiger partial charge in [-0.25, -0.2) is 9.97 Å². The van der Waals surface area contributed by atoms with Crippen LogP contribution in [0.15, 0.2) is 12.4 Å². The van der Waals surface area contributed by atoms with Crippen molar-refractivity contribution < 1.29 is 4.79 Å². The smallest absolute Gasteiger partial charge is 0.218 e. The van der Waals surface area contributed by atoms with Gasteiger partial charge in [0.1, 0.15) is 12.1 Å². The summed E-state index contributed by atoms with van der Waals surface area (Å²) in [6, 6.07) is 2.45. The van der Waals surface area contributed by atoms with Gasteiger partial charge in [-0.1, -0.05) is 13.8 Å². The van der Waals surface area contributed by atoms with Crippen molar-refractivity contribution in [3.8, 4) is 0 Å². The molecule has 3 N–H and O–H groups in total. The molecule has 6 nitrogen and oxygen atoms in total. The Bertz CT molecular complexity index is 558. The Morgan fingerprint density at radius 2 is 2.17 bits per heavy atom. The molecule has 3 rings (SSSR count). The van der Waals surface area contributed by atoms with Crippen LogP contribution >= 0.6 is 0 Å². The van der Waals surface area contributed by atoms with Gasteiger partial charge >= 0.3 is 0 Å². The highest BCUT2D eigenvalue weighted by Crippen LogP contribution is 2.39. The molecule has 0 unspecified atom stereocenters. The summed E-state index contributed by atoms with van der Waals surface area (Å²) in [4.78, 5) is 22.1. The highest BCUT2D eigenvalue weighted by Gasteiger charge is 2.35. The number of carbonyl (C=O) groups is 1. The summed E-state index contributed by atoms with van der Waals surface area (Å²) >= 11 is 0. The lowest BCUT2D eigenvalue weighted by Gasteiger charge is -2.23. The molecule has 0 spiro atoms. The number of hydrogen-bond acceptors (Lipinski definition) is 5. The van der Waals surface area contributed by atoms with Crippen LogP contribution in [-0.4, -0.2) is 46.5 Å². The van der Waals surface area contributed by atoms with E-state index in [0.29, 0.717) is 30.2 Å². The number of nitrogens with two attached hydrogens (primary N) is 1. The molecule has 1 aliphatic carbocycles. The molecule has 1 saturated heterocycles. The zero-order valence-corrected chi connectivity index (χ0v) is 14.0. The Hall–Kier alpha value is -1.69. The summed E-state index contributed by atoms with van der Waals surface area (Å²) < 4.78 is 0. The van der Waals surface area contributed by atoms with E-state index in [2.05, 4.69) is 40.1 Å². The summed E-state index contributed by atoms with van der Waals surface area (Å²) in [5, 5.41) is 3.60. The molecule has 1 saturated carbocycles. The molecule has 23 heavy (non-hydrogen) atoms. The van der Waals surface area contributed by atoms with Crippen molar-refractivity contribution in [2.75, 3.05) is 25.0 Å². The Labute approximate surface area is 137 Å². The van der Waals surface area contributed by atoms with Crippen LogP contribution in [0.4, 0.5) is 5.82 Å². The summed E-state index contributed by atoms with van der Waals surface area (Å²) in [6.45, 7) is 7.19. The van der Waals surface area contributed by atoms with Gasteiger partial charge in [0.15, 0.2) is 0 Å². The average molecular weight is 317 g/mol. The quantitative estimate of drug-likeness (QED) is 0.798. The first kappa shape index (κ1) is 16.2. The monoisotopic (exact) mass is 317 g/mol. The van der Waals surface area contributed by atoms with E-state index in [0.717, 1.165) is 31.1 Å². The molecule has 1 aromatic rings. The highest BCUT2D eigenvalue weighted by atomic mass is 16.1. The molecule has 0 aromatic carbocycles. The molecule has 0 radical (unpaired) electrons. The SMILES string of the molecule is CC(C)[C@@H]1CN(CCC(N)=O)C[C@H]1Nc1cc(C2CC2)ncn1. The van der Waals surface area contributed by atoms with E-state index in [1.54, 1.807) is 6.33 Å². The first-order valence-corrected chi connectivity index (χ1v) is 8.62. The lowest BCUT2D eigenvalue weighted by atomic mass is 9.91. The number of aromatic nitrogens is 2. The second kappa shape index (κ2) is 6.83. The Morgan fingerprint density at radius 1 is 1.39 bits per heavy atom. The minimum Gasteiger partial charge on any atom is -0.370 e. The molecule has 2 aliphatic rings. The molecule has 1 aromatic heterocycles. The molecule has 1 aliphatic heterocycles. The van der Waals surface area contributed by atoms with Gasteiger partial charge in [-0.05, 0) is 24.7 Å². The molecular formula is C17H27N5O. The van der Waals surface area contributed by atoms with Gasteiger partial charge in [-0.2, -0.15) is 0 Å². The van der Waals surface area contributed by atoms with Crippen LogP contribution in [0.3, 0.4) is 0 Å². The van der Waals surface area contributed by atoms with Crippen molar-refractivity contribution >= 4 is 11.7 Å². The van der Waals surface area contributed by atoms with Crippen LogP contribution < -0.4 is 11.1 Å². The molecule has 1 amide bonds. The maximum Gasteiger partial charge on any atom is 0.218 e. The third-order valence-electron chi connectivity index (χ3n) is 4.99. The second-order valence-electron chi connectivity index (χ2n) is 7.24. The summed E-state index contributed by atoms with van der Waals surface area (Å²) in [7, 11) is 0. The number of anilines is 1. The van der Waals surface area contributed by atoms with Crippen LogP contribution in [0, 0.1) is 11.8 Å². The van der Waals surface area contributed by atoms with Gasteiger partial charge in [0.05, 0.1) is 0 Å². The third-order valence-corrected chi connectivity index (χ3v) is 4.99. The van der Waals surface area contributed by atoms with Crippen LogP contribution in [0.5, 0.6) is 0 Å². The molecule has 2 heterocycles. The Morgan fingerprint density at radius 3 is 2.83 bits per heavy atom. The van der Waals surface area contributed by atoms with Crippen molar-refractivity contribution in [3.63, 3.8) is 0 Å². The van der Waals surface area contributed by atoms with Crippen LogP contribution in [-0.2, 0) is 4.79 Å². The standard InChI is InChI=1S/C17H27N5O/c1-11(2)13-8-22(6-5-16(18)23)9-15(13)21-17-7-14(12-3-4-12)19-10-20-17/h7,10-13,15H,3-6,8-9H2,1-2H3,(H2,18,23)(H,19,20,21)/t13-,15+/m0/s1. The molecule has 2 atom stereocenters. The highest BCUT2D eigenvalue weighted by molar-refractivity contribution is 5.73. The van der Waals surface area contributed by atoms with Gasteiger partial charge < -0.3 is 16.0 Å². The number of nitrogens with zero attached hydrogens (tertiary/aromatic N) is 3. The van der Waals surface area contributed by atoms with Crippen molar-refractivity contribution in [1.29, 1.82) is 0 Å². The zero-order chi connectivity index (χ0) is 16.4. The van der Waals surface area contributed by atoms with E-state index >= 15 is 0 Å². The fraction of sp³-hybridized carbons (Fsp3) is 0.706. The predicted octanol–water partition coefficient (Wildman–Crippen LogP) is 1.60. The average Bonchev–Trinajstić information content (AvgIpc) is 3.27. The van der Waals surface area contributed by atoms with Crippen LogP contribution in [0.1, 0.15) is 44.7 Å². The van der Waals surface area contributed by atoms with E-state index in [1.165, 1.54) is 12.8 Å². The number of carbonyl (C=O) groups excluding carboxylic acids is 1. The van der Waals surface area contributed by atoms with E-state index in [9.17, 15) is 4.79 Å². The second-order valence-corrected chi connectivity index (χ2v) is 7.24. The number of rotatable bonds is 7. The number of likely N-dealkylation sites (tertiary alicyclic amines) is 1. The van der Waals surface area contributed by atoms with E-state index in [1.807, 2.05) is 0 Å². The fourth-order valence-electron chi connectivity index (χ4n) is 3.44. The predicted molar refractivity (Wildman–Crippen MR) is 90.0 cm³/mol. The van der Waals surface area contributed by atoms with Gasteiger partial charge in [0.25, 0.3) is 0 Å². The third kappa shape index (κ3) is 4.19. The summed E-state index contributed by atoms with van der Waals surface area (Å²) in [5.74, 6) is 2.45. The number of nitrogens with one attached hydrogen (secondary N) is 1. The van der Waals surface area contributed by atoms with Crippen molar-refractivity contribution in [3.05, 3.63) is 18.1 Å². The Kier molecular flexibility index (Phi) is 4.80. The van der Waals surface area contributed by atoms with Crippen molar-refractivity contribution in [2.45, 2.75) is 45.1 Å². The minimum atomic E-state index is -0.229. The fourth-order valence-corrected chi connectivity index (χ4v) is 3.44. The first-order valence-electron chi connectivity index (χ1n) is 8.62. The van der Waals surface area contributed by atoms with E-state index < -0.39 is 0 Å². The number of amides is 1. The van der Waals surface area contributed by atoms with Crippen LogP contribution in [0.25, 0.3) is 0 Å². The van der Waals surface area contributed by atoms with Gasteiger partial charge in [0, 0.05) is 49.8 Å². The topological polar surface area (TPSA) is 84.1 Å². The molecule has 0 bridgehead atoms. The van der Waals surface area contributed by atoms with Gasteiger partial charge in [0.2, 0.25) is 5.91 Å². The van der Waals surface area contributed by atoms with Crippen molar-refractivity contribution in [2.24, 2.45) is 17.6 Å². The van der Waals surface area contributed by atoms with Gasteiger partial charge in [-0.15, -0.1) is 0 Å². The first-order chi connectivity index (χ1) is 11.0. The molecule has 2 fully saturated rings. The lowest BCUT2D eigenvalue weighted by Crippen LogP contribution is -2.32.